The van der Waals surface area contributed by atoms with Crippen molar-refractivity contribution >= 4 is 23.3 Å². The van der Waals surface area contributed by atoms with Crippen LogP contribution in [0.2, 0.25) is 5.02 Å². The third-order valence-corrected chi connectivity index (χ3v) is 4.76. The number of hydrogen-bond acceptors (Lipinski definition) is 3. The van der Waals surface area contributed by atoms with Gasteiger partial charge in [-0.1, -0.05) is 17.7 Å². The first-order valence-corrected chi connectivity index (χ1v) is 8.50. The molecule has 23 heavy (non-hydrogen) atoms. The van der Waals surface area contributed by atoms with Gasteiger partial charge in [0.1, 0.15) is 0 Å². The Morgan fingerprint density at radius 3 is 2.65 bits per heavy atom. The number of carbonyl (C=O) groups is 1. The van der Waals surface area contributed by atoms with E-state index in [4.69, 9.17) is 11.6 Å². The number of likely N-dealkylation sites (tertiary alicyclic amines) is 1. The van der Waals surface area contributed by atoms with Crippen molar-refractivity contribution in [2.75, 3.05) is 52.6 Å². The number of likely N-dealkylation sites (N-methyl/N-ethyl adjacent to an activating group) is 2. The Hall–Kier alpha value is -1.30. The maximum Gasteiger partial charge on any atom is 0.321 e. The zero-order valence-corrected chi connectivity index (χ0v) is 15.0. The van der Waals surface area contributed by atoms with Gasteiger partial charge in [0.2, 0.25) is 0 Å². The van der Waals surface area contributed by atoms with Crippen molar-refractivity contribution < 1.29 is 4.79 Å². The van der Waals surface area contributed by atoms with Crippen molar-refractivity contribution in [2.24, 2.45) is 0 Å². The Morgan fingerprint density at radius 1 is 1.30 bits per heavy atom. The first-order chi connectivity index (χ1) is 11.0. The summed E-state index contributed by atoms with van der Waals surface area (Å²) in [4.78, 5) is 18.7. The molecule has 128 valence electrons. The van der Waals surface area contributed by atoms with Crippen LogP contribution in [-0.4, -0.2) is 74.1 Å². The van der Waals surface area contributed by atoms with Gasteiger partial charge in [0.15, 0.2) is 0 Å². The second-order valence-electron chi connectivity index (χ2n) is 6.38. The molecule has 1 heterocycles. The molecule has 0 unspecified atom stereocenters. The van der Waals surface area contributed by atoms with Gasteiger partial charge in [0.25, 0.3) is 0 Å². The molecule has 6 heteroatoms. The molecule has 0 aliphatic carbocycles. The molecule has 0 atom stereocenters. The molecule has 0 spiro atoms. The molecule has 1 aliphatic rings. The minimum absolute atomic E-state index is 0.107. The summed E-state index contributed by atoms with van der Waals surface area (Å²) in [6.45, 7) is 3.89. The van der Waals surface area contributed by atoms with Gasteiger partial charge in [0.05, 0.1) is 0 Å². The van der Waals surface area contributed by atoms with Crippen LogP contribution in [0.3, 0.4) is 0 Å². The van der Waals surface area contributed by atoms with E-state index in [0.29, 0.717) is 17.6 Å². The molecule has 1 aliphatic heterocycles. The lowest BCUT2D eigenvalue weighted by Gasteiger charge is -2.35. The maximum atomic E-state index is 12.2. The summed E-state index contributed by atoms with van der Waals surface area (Å²) in [5.41, 5.74) is 0.720. The lowest BCUT2D eigenvalue weighted by molar-refractivity contribution is 0.136. The molecular formula is C17H27ClN4O. The normalized spacial score (nSPS) is 16.6. The van der Waals surface area contributed by atoms with Gasteiger partial charge in [0, 0.05) is 36.9 Å². The van der Waals surface area contributed by atoms with Crippen LogP contribution < -0.4 is 5.32 Å². The number of benzene rings is 1. The second kappa shape index (κ2) is 8.52. The molecular weight excluding hydrogens is 312 g/mol. The topological polar surface area (TPSA) is 38.8 Å². The van der Waals surface area contributed by atoms with E-state index in [2.05, 4.69) is 29.2 Å². The largest absolute Gasteiger partial charge is 0.326 e. The van der Waals surface area contributed by atoms with Gasteiger partial charge in [-0.25, -0.2) is 4.79 Å². The van der Waals surface area contributed by atoms with Crippen LogP contribution in [0.4, 0.5) is 10.5 Å². The number of nitrogens with one attached hydrogen (secondary N) is 1. The highest BCUT2D eigenvalue weighted by molar-refractivity contribution is 6.30. The number of amides is 2. The Morgan fingerprint density at radius 2 is 2.00 bits per heavy atom. The summed E-state index contributed by atoms with van der Waals surface area (Å²) in [7, 11) is 6.14. The van der Waals surface area contributed by atoms with Crippen molar-refractivity contribution in [3.8, 4) is 0 Å². The number of carbonyl (C=O) groups excluding carboxylic acids is 1. The predicted molar refractivity (Wildman–Crippen MR) is 96.2 cm³/mol. The number of piperidine rings is 1. The van der Waals surface area contributed by atoms with Gasteiger partial charge in [-0.2, -0.15) is 0 Å². The molecule has 0 bridgehead atoms. The standard InChI is InChI=1S/C17H27ClN4O/c1-20-9-7-16(8-10-20)21(2)11-12-22(3)17(23)19-15-6-4-5-14(18)13-15/h4-6,13,16H,7-12H2,1-3H3,(H,19,23). The molecule has 1 aromatic carbocycles. The van der Waals surface area contributed by atoms with Crippen LogP contribution in [0.5, 0.6) is 0 Å². The van der Waals surface area contributed by atoms with E-state index in [1.807, 2.05) is 19.2 Å². The number of anilines is 1. The average Bonchev–Trinajstić information content (AvgIpc) is 2.53. The highest BCUT2D eigenvalue weighted by Crippen LogP contribution is 2.16. The summed E-state index contributed by atoms with van der Waals surface area (Å²) >= 11 is 5.93. The number of nitrogens with zero attached hydrogens (tertiary/aromatic N) is 3. The maximum absolute atomic E-state index is 12.2. The highest BCUT2D eigenvalue weighted by atomic mass is 35.5. The zero-order valence-electron chi connectivity index (χ0n) is 14.3. The predicted octanol–water partition coefficient (Wildman–Crippen LogP) is 2.83. The lowest BCUT2D eigenvalue weighted by Crippen LogP contribution is -2.45. The molecule has 5 nitrogen and oxygen atoms in total. The molecule has 1 saturated heterocycles. The van der Waals surface area contributed by atoms with Gasteiger partial charge < -0.3 is 20.0 Å². The molecule has 0 saturated carbocycles. The first-order valence-electron chi connectivity index (χ1n) is 8.12. The fraction of sp³-hybridized carbons (Fsp3) is 0.588. The lowest BCUT2D eigenvalue weighted by atomic mass is 10.0. The summed E-state index contributed by atoms with van der Waals surface area (Å²) in [6.07, 6.45) is 2.40. The van der Waals surface area contributed by atoms with E-state index >= 15 is 0 Å². The van der Waals surface area contributed by atoms with E-state index in [-0.39, 0.29) is 6.03 Å². The number of urea groups is 1. The molecule has 1 N–H and O–H groups in total. The van der Waals surface area contributed by atoms with Crippen molar-refractivity contribution in [2.45, 2.75) is 18.9 Å². The summed E-state index contributed by atoms with van der Waals surface area (Å²) in [5.74, 6) is 0. The van der Waals surface area contributed by atoms with Crippen molar-refractivity contribution in [1.82, 2.24) is 14.7 Å². The molecule has 2 rings (SSSR count). The Bertz CT molecular complexity index is 517. The van der Waals surface area contributed by atoms with Gasteiger partial charge in [-0.3, -0.25) is 0 Å². The van der Waals surface area contributed by atoms with E-state index < -0.39 is 0 Å². The van der Waals surface area contributed by atoms with E-state index in [1.54, 1.807) is 17.0 Å². The zero-order chi connectivity index (χ0) is 16.8. The van der Waals surface area contributed by atoms with Crippen molar-refractivity contribution in [1.29, 1.82) is 0 Å². The van der Waals surface area contributed by atoms with Crippen LogP contribution in [0, 0.1) is 0 Å². The monoisotopic (exact) mass is 338 g/mol. The van der Waals surface area contributed by atoms with Crippen molar-refractivity contribution in [3.63, 3.8) is 0 Å². The Balaban J connectivity index is 1.75. The van der Waals surface area contributed by atoms with Crippen LogP contribution in [0.1, 0.15) is 12.8 Å². The van der Waals surface area contributed by atoms with E-state index in [1.165, 1.54) is 12.8 Å². The number of halogens is 1. The van der Waals surface area contributed by atoms with Crippen LogP contribution >= 0.6 is 11.6 Å². The summed E-state index contributed by atoms with van der Waals surface area (Å²) < 4.78 is 0. The Labute approximate surface area is 144 Å². The van der Waals surface area contributed by atoms with E-state index in [9.17, 15) is 4.79 Å². The molecule has 1 aromatic rings. The van der Waals surface area contributed by atoms with Gasteiger partial charge >= 0.3 is 6.03 Å². The fourth-order valence-corrected chi connectivity index (χ4v) is 3.00. The number of rotatable bonds is 5. The average molecular weight is 339 g/mol. The fourth-order valence-electron chi connectivity index (χ4n) is 2.81. The molecule has 0 radical (unpaired) electrons. The second-order valence-corrected chi connectivity index (χ2v) is 6.81. The SMILES string of the molecule is CN1CCC(N(C)CCN(C)C(=O)Nc2cccc(Cl)c2)CC1. The minimum atomic E-state index is -0.107. The van der Waals surface area contributed by atoms with Crippen LogP contribution in [-0.2, 0) is 0 Å². The van der Waals surface area contributed by atoms with Crippen molar-refractivity contribution in [3.05, 3.63) is 29.3 Å². The van der Waals surface area contributed by atoms with Crippen LogP contribution in [0.25, 0.3) is 0 Å². The molecule has 2 amide bonds. The van der Waals surface area contributed by atoms with Gasteiger partial charge in [-0.05, 0) is 58.2 Å². The van der Waals surface area contributed by atoms with E-state index in [0.717, 1.165) is 25.3 Å². The summed E-state index contributed by atoms with van der Waals surface area (Å²) in [6, 6.07) is 7.71. The van der Waals surface area contributed by atoms with Crippen LogP contribution in [0.15, 0.2) is 24.3 Å². The third kappa shape index (κ3) is 5.68. The summed E-state index contributed by atoms with van der Waals surface area (Å²) in [5, 5.41) is 3.49. The minimum Gasteiger partial charge on any atom is -0.326 e. The van der Waals surface area contributed by atoms with Gasteiger partial charge in [-0.15, -0.1) is 0 Å². The first kappa shape index (κ1) is 18.0. The highest BCUT2D eigenvalue weighted by Gasteiger charge is 2.21. The smallest absolute Gasteiger partial charge is 0.321 e. The number of hydrogen-bond donors (Lipinski definition) is 1. The molecule has 1 fully saturated rings. The quantitative estimate of drug-likeness (QED) is 0.897. The molecule has 0 aromatic heterocycles. The third-order valence-electron chi connectivity index (χ3n) is 4.52. The Kier molecular flexibility index (Phi) is 6.69.